The van der Waals surface area contributed by atoms with Crippen LogP contribution in [0.2, 0.25) is 0 Å². The molecule has 2 aromatic heterocycles. The van der Waals surface area contributed by atoms with Gasteiger partial charge in [0.1, 0.15) is 17.6 Å². The van der Waals surface area contributed by atoms with Crippen molar-refractivity contribution in [3.63, 3.8) is 0 Å². The van der Waals surface area contributed by atoms with E-state index in [0.29, 0.717) is 29.2 Å². The molecule has 0 aliphatic carbocycles. The van der Waals surface area contributed by atoms with Crippen molar-refractivity contribution >= 4 is 0 Å². The molecule has 0 saturated carbocycles. The summed E-state index contributed by atoms with van der Waals surface area (Å²) in [5.41, 5.74) is 7.24. The average Bonchev–Trinajstić information content (AvgIpc) is 3.03. The molecule has 1 atom stereocenters. The smallest absolute Gasteiger partial charge is 0.258 e. The molecule has 24 heavy (non-hydrogen) atoms. The van der Waals surface area contributed by atoms with Crippen LogP contribution in [0, 0.1) is 24.2 Å². The molecule has 0 spiro atoms. The molecule has 1 aliphatic rings. The highest BCUT2D eigenvalue weighted by Gasteiger charge is 2.35. The molecular formula is C18H19N3O3. The van der Waals surface area contributed by atoms with Crippen molar-refractivity contribution in [2.45, 2.75) is 33.2 Å². The summed E-state index contributed by atoms with van der Waals surface area (Å²) in [7, 11) is 0. The van der Waals surface area contributed by atoms with Gasteiger partial charge in [-0.05, 0) is 25.0 Å². The molecule has 0 radical (unpaired) electrons. The van der Waals surface area contributed by atoms with Crippen LogP contribution in [0.15, 0.2) is 45.1 Å². The number of nitrogens with two attached hydrogens (primary N) is 1. The van der Waals surface area contributed by atoms with Crippen molar-refractivity contribution in [3.8, 4) is 11.8 Å². The molecule has 1 unspecified atom stereocenters. The quantitative estimate of drug-likeness (QED) is 0.936. The normalized spacial score (nSPS) is 16.7. The van der Waals surface area contributed by atoms with Gasteiger partial charge in [-0.15, -0.1) is 0 Å². The fourth-order valence-corrected chi connectivity index (χ4v) is 3.14. The summed E-state index contributed by atoms with van der Waals surface area (Å²) in [6, 6.07) is 7.49. The van der Waals surface area contributed by atoms with Crippen molar-refractivity contribution in [2.24, 2.45) is 11.7 Å². The van der Waals surface area contributed by atoms with Crippen LogP contribution in [0.25, 0.3) is 0 Å². The Morgan fingerprint density at radius 2 is 2.21 bits per heavy atom. The topological polar surface area (TPSA) is 94.2 Å². The first-order valence-electron chi connectivity index (χ1n) is 7.78. The highest BCUT2D eigenvalue weighted by atomic mass is 16.5. The lowest BCUT2D eigenvalue weighted by Gasteiger charge is -2.29. The predicted octanol–water partition coefficient (Wildman–Crippen LogP) is 2.62. The zero-order valence-corrected chi connectivity index (χ0v) is 13.9. The van der Waals surface area contributed by atoms with Gasteiger partial charge in [0.05, 0.1) is 23.9 Å². The maximum Gasteiger partial charge on any atom is 0.258 e. The highest BCUT2D eigenvalue weighted by Crippen LogP contribution is 2.40. The molecule has 6 nitrogen and oxygen atoms in total. The van der Waals surface area contributed by atoms with Crippen LogP contribution in [0.1, 0.15) is 36.8 Å². The fourth-order valence-electron chi connectivity index (χ4n) is 3.14. The van der Waals surface area contributed by atoms with Gasteiger partial charge >= 0.3 is 0 Å². The van der Waals surface area contributed by atoms with Gasteiger partial charge in [0.2, 0.25) is 5.88 Å². The van der Waals surface area contributed by atoms with Crippen LogP contribution in [0.3, 0.4) is 0 Å². The lowest BCUT2D eigenvalue weighted by Crippen LogP contribution is -2.34. The number of allylic oxidation sites excluding steroid dienone is 1. The van der Waals surface area contributed by atoms with E-state index in [0.717, 1.165) is 5.69 Å². The van der Waals surface area contributed by atoms with E-state index in [1.54, 1.807) is 23.0 Å². The summed E-state index contributed by atoms with van der Waals surface area (Å²) in [5, 5.41) is 9.44. The minimum atomic E-state index is -0.380. The van der Waals surface area contributed by atoms with Crippen LogP contribution in [-0.4, -0.2) is 4.57 Å². The van der Waals surface area contributed by atoms with Crippen LogP contribution in [0.4, 0.5) is 0 Å². The second kappa shape index (κ2) is 5.93. The summed E-state index contributed by atoms with van der Waals surface area (Å²) in [5.74, 6) is 0.853. The zero-order valence-electron chi connectivity index (χ0n) is 13.9. The highest BCUT2D eigenvalue weighted by molar-refractivity contribution is 5.50. The monoisotopic (exact) mass is 325 g/mol. The second-order valence-corrected chi connectivity index (χ2v) is 6.25. The Kier molecular flexibility index (Phi) is 3.94. The maximum absolute atomic E-state index is 13.1. The minimum absolute atomic E-state index is 0.0355. The molecule has 6 heteroatoms. The van der Waals surface area contributed by atoms with Gasteiger partial charge in [-0.2, -0.15) is 5.26 Å². The van der Waals surface area contributed by atoms with Gasteiger partial charge in [-0.25, -0.2) is 0 Å². The van der Waals surface area contributed by atoms with Crippen molar-refractivity contribution in [2.75, 3.05) is 0 Å². The molecule has 0 saturated heterocycles. The number of nitriles is 1. The van der Waals surface area contributed by atoms with Crippen molar-refractivity contribution in [1.82, 2.24) is 4.57 Å². The lowest BCUT2D eigenvalue weighted by molar-refractivity contribution is 0.365. The van der Waals surface area contributed by atoms with E-state index in [1.807, 2.05) is 26.8 Å². The first-order chi connectivity index (χ1) is 11.4. The molecule has 3 heterocycles. The van der Waals surface area contributed by atoms with Crippen molar-refractivity contribution in [3.05, 3.63) is 63.3 Å². The molecule has 2 aromatic rings. The van der Waals surface area contributed by atoms with E-state index < -0.39 is 0 Å². The second-order valence-electron chi connectivity index (χ2n) is 6.25. The van der Waals surface area contributed by atoms with Crippen molar-refractivity contribution < 1.29 is 9.15 Å². The van der Waals surface area contributed by atoms with Crippen LogP contribution in [-0.2, 0) is 6.54 Å². The first kappa shape index (κ1) is 15.9. The molecule has 0 fully saturated rings. The molecule has 124 valence electrons. The van der Waals surface area contributed by atoms with Gasteiger partial charge in [0.25, 0.3) is 5.56 Å². The molecular weight excluding hydrogens is 306 g/mol. The standard InChI is InChI=1S/C18H19N3O3/c1-10(2)15-13(8-19)17(20)24-14-7-11(3)21(18(22)16(14)15)9-12-5-4-6-23-12/h4-7,10,15H,9,20H2,1-3H3. The Morgan fingerprint density at radius 3 is 2.79 bits per heavy atom. The number of pyridine rings is 1. The van der Waals surface area contributed by atoms with Crippen LogP contribution < -0.4 is 16.0 Å². The minimum Gasteiger partial charge on any atom is -0.467 e. The number of fused-ring (bicyclic) bond motifs is 1. The Balaban J connectivity index is 2.20. The number of nitrogens with zero attached hydrogens (tertiary/aromatic N) is 2. The van der Waals surface area contributed by atoms with Gasteiger partial charge in [0, 0.05) is 17.7 Å². The Bertz CT molecular complexity index is 899. The number of aryl methyl sites for hydroxylation is 1. The Hall–Kier alpha value is -2.94. The maximum atomic E-state index is 13.1. The van der Waals surface area contributed by atoms with E-state index in [-0.39, 0.29) is 23.3 Å². The van der Waals surface area contributed by atoms with E-state index in [1.165, 1.54) is 0 Å². The van der Waals surface area contributed by atoms with E-state index in [2.05, 4.69) is 6.07 Å². The number of furan rings is 1. The van der Waals surface area contributed by atoms with Gasteiger partial charge < -0.3 is 19.5 Å². The Labute approximate surface area is 139 Å². The van der Waals surface area contributed by atoms with Crippen molar-refractivity contribution in [1.29, 1.82) is 5.26 Å². The third kappa shape index (κ3) is 2.48. The number of aromatic nitrogens is 1. The summed E-state index contributed by atoms with van der Waals surface area (Å²) >= 11 is 0. The molecule has 1 aliphatic heterocycles. The summed E-state index contributed by atoms with van der Waals surface area (Å²) in [6.07, 6.45) is 1.57. The molecule has 3 rings (SSSR count). The van der Waals surface area contributed by atoms with Gasteiger partial charge in [-0.3, -0.25) is 4.79 Å². The first-order valence-corrected chi connectivity index (χ1v) is 7.78. The lowest BCUT2D eigenvalue weighted by atomic mass is 9.81. The summed E-state index contributed by atoms with van der Waals surface area (Å²) in [4.78, 5) is 13.1. The van der Waals surface area contributed by atoms with Gasteiger partial charge in [0.15, 0.2) is 0 Å². The fraction of sp³-hybridized carbons (Fsp3) is 0.333. The number of hydrogen-bond acceptors (Lipinski definition) is 5. The average molecular weight is 325 g/mol. The van der Waals surface area contributed by atoms with Gasteiger partial charge in [-0.1, -0.05) is 13.8 Å². The third-order valence-electron chi connectivity index (χ3n) is 4.30. The number of ether oxygens (including phenoxy) is 1. The molecule has 0 amide bonds. The predicted molar refractivity (Wildman–Crippen MR) is 88.3 cm³/mol. The summed E-state index contributed by atoms with van der Waals surface area (Å²) in [6.45, 7) is 6.08. The number of hydrogen-bond donors (Lipinski definition) is 1. The Morgan fingerprint density at radius 1 is 1.46 bits per heavy atom. The molecule has 0 bridgehead atoms. The van der Waals surface area contributed by atoms with Crippen LogP contribution >= 0.6 is 0 Å². The SMILES string of the molecule is Cc1cc2c(c(=O)n1Cc1ccco1)C(C(C)C)C(C#N)=C(N)O2. The number of rotatable bonds is 3. The van der Waals surface area contributed by atoms with E-state index >= 15 is 0 Å². The summed E-state index contributed by atoms with van der Waals surface area (Å²) < 4.78 is 12.6. The molecule has 2 N–H and O–H groups in total. The van der Waals surface area contributed by atoms with Crippen LogP contribution in [0.5, 0.6) is 5.75 Å². The zero-order chi connectivity index (χ0) is 17.4. The third-order valence-corrected chi connectivity index (χ3v) is 4.30. The molecule has 0 aromatic carbocycles. The van der Waals surface area contributed by atoms with E-state index in [9.17, 15) is 10.1 Å². The van der Waals surface area contributed by atoms with E-state index in [4.69, 9.17) is 14.9 Å². The largest absolute Gasteiger partial charge is 0.467 e.